The van der Waals surface area contributed by atoms with Gasteiger partial charge in [0.15, 0.2) is 0 Å². The molecule has 1 aromatic rings. The number of ether oxygens (including phenoxy) is 1. The molecule has 2 heterocycles. The molecule has 3 atom stereocenters. The lowest BCUT2D eigenvalue weighted by atomic mass is 9.92. The first kappa shape index (κ1) is 10.3. The fourth-order valence-corrected chi connectivity index (χ4v) is 2.83. The number of fused-ring (bicyclic) bond motifs is 1. The molecule has 0 bridgehead atoms. The van der Waals surface area contributed by atoms with Crippen LogP contribution in [-0.4, -0.2) is 16.1 Å². The maximum absolute atomic E-state index is 5.86. The Morgan fingerprint density at radius 2 is 2.12 bits per heavy atom. The van der Waals surface area contributed by atoms with Crippen LogP contribution in [0, 0.1) is 5.92 Å². The van der Waals surface area contributed by atoms with Crippen LogP contribution in [0.5, 0.6) is 0 Å². The third-order valence-electron chi connectivity index (χ3n) is 3.85. The standard InChI is InChI=1S/C13H20N2O/c1-8-3-5-10-11(7-8)15-13(14-10)12-6-4-9(2)16-12/h8-9,12H,3-7H2,1-2H3,(H,14,15). The van der Waals surface area contributed by atoms with Crippen LogP contribution in [-0.2, 0) is 17.6 Å². The van der Waals surface area contributed by atoms with E-state index >= 15 is 0 Å². The van der Waals surface area contributed by atoms with Gasteiger partial charge in [-0.2, -0.15) is 0 Å². The van der Waals surface area contributed by atoms with E-state index in [4.69, 9.17) is 9.72 Å². The van der Waals surface area contributed by atoms with Gasteiger partial charge in [0.2, 0.25) is 0 Å². The molecule has 1 aromatic heterocycles. The summed E-state index contributed by atoms with van der Waals surface area (Å²) in [7, 11) is 0. The van der Waals surface area contributed by atoms with Gasteiger partial charge in [-0.05, 0) is 44.9 Å². The van der Waals surface area contributed by atoms with Crippen LogP contribution in [0.2, 0.25) is 0 Å². The van der Waals surface area contributed by atoms with Crippen molar-refractivity contribution in [1.82, 2.24) is 9.97 Å². The van der Waals surface area contributed by atoms with Gasteiger partial charge in [-0.25, -0.2) is 4.98 Å². The zero-order chi connectivity index (χ0) is 11.1. The summed E-state index contributed by atoms with van der Waals surface area (Å²) in [6.07, 6.45) is 6.45. The van der Waals surface area contributed by atoms with Crippen molar-refractivity contribution in [2.75, 3.05) is 0 Å². The van der Waals surface area contributed by atoms with Gasteiger partial charge < -0.3 is 9.72 Å². The Labute approximate surface area is 96.6 Å². The molecule has 1 fully saturated rings. The summed E-state index contributed by atoms with van der Waals surface area (Å²) in [6.45, 7) is 4.46. The number of hydrogen-bond acceptors (Lipinski definition) is 2. The van der Waals surface area contributed by atoms with Gasteiger partial charge >= 0.3 is 0 Å². The quantitative estimate of drug-likeness (QED) is 0.790. The Morgan fingerprint density at radius 3 is 2.88 bits per heavy atom. The van der Waals surface area contributed by atoms with Crippen molar-refractivity contribution >= 4 is 0 Å². The van der Waals surface area contributed by atoms with E-state index in [9.17, 15) is 0 Å². The third kappa shape index (κ3) is 1.77. The maximum atomic E-state index is 5.86. The minimum atomic E-state index is 0.218. The van der Waals surface area contributed by atoms with Gasteiger partial charge in [0, 0.05) is 5.69 Å². The molecule has 16 heavy (non-hydrogen) atoms. The fourth-order valence-electron chi connectivity index (χ4n) is 2.83. The molecule has 0 spiro atoms. The Balaban J connectivity index is 1.82. The molecule has 0 radical (unpaired) electrons. The Morgan fingerprint density at radius 1 is 1.25 bits per heavy atom. The molecule has 1 aliphatic carbocycles. The summed E-state index contributed by atoms with van der Waals surface area (Å²) in [5.41, 5.74) is 2.65. The molecule has 1 saturated heterocycles. The van der Waals surface area contributed by atoms with Crippen molar-refractivity contribution < 1.29 is 4.74 Å². The van der Waals surface area contributed by atoms with Crippen molar-refractivity contribution in [2.24, 2.45) is 5.92 Å². The van der Waals surface area contributed by atoms with Gasteiger partial charge in [-0.1, -0.05) is 6.92 Å². The molecular formula is C13H20N2O. The van der Waals surface area contributed by atoms with Crippen LogP contribution in [0.25, 0.3) is 0 Å². The van der Waals surface area contributed by atoms with Crippen LogP contribution in [0.15, 0.2) is 0 Å². The van der Waals surface area contributed by atoms with E-state index in [2.05, 4.69) is 18.8 Å². The average molecular weight is 220 g/mol. The zero-order valence-corrected chi connectivity index (χ0v) is 10.1. The Kier molecular flexibility index (Phi) is 2.51. The van der Waals surface area contributed by atoms with Gasteiger partial charge in [-0.15, -0.1) is 0 Å². The summed E-state index contributed by atoms with van der Waals surface area (Å²) < 4.78 is 5.86. The van der Waals surface area contributed by atoms with E-state index in [0.29, 0.717) is 6.10 Å². The predicted octanol–water partition coefficient (Wildman–Crippen LogP) is 2.77. The first-order valence-corrected chi connectivity index (χ1v) is 6.45. The number of aromatic amines is 1. The fraction of sp³-hybridized carbons (Fsp3) is 0.769. The van der Waals surface area contributed by atoms with E-state index < -0.39 is 0 Å². The molecule has 0 saturated carbocycles. The zero-order valence-electron chi connectivity index (χ0n) is 10.1. The van der Waals surface area contributed by atoms with E-state index in [1.165, 1.54) is 17.8 Å². The molecular weight excluding hydrogens is 200 g/mol. The van der Waals surface area contributed by atoms with Crippen molar-refractivity contribution in [3.05, 3.63) is 17.2 Å². The van der Waals surface area contributed by atoms with Crippen molar-refractivity contribution in [2.45, 2.75) is 58.2 Å². The van der Waals surface area contributed by atoms with E-state index in [0.717, 1.165) is 37.4 Å². The number of H-pyrrole nitrogens is 1. The molecule has 3 unspecified atom stereocenters. The minimum absolute atomic E-state index is 0.218. The van der Waals surface area contributed by atoms with E-state index in [-0.39, 0.29) is 6.10 Å². The number of nitrogens with one attached hydrogen (secondary N) is 1. The molecule has 3 rings (SSSR count). The van der Waals surface area contributed by atoms with Gasteiger partial charge in [0.25, 0.3) is 0 Å². The molecule has 88 valence electrons. The highest BCUT2D eigenvalue weighted by atomic mass is 16.5. The van der Waals surface area contributed by atoms with Gasteiger partial charge in [0.05, 0.1) is 11.8 Å². The van der Waals surface area contributed by atoms with Crippen LogP contribution in [0.1, 0.15) is 56.4 Å². The number of nitrogens with zero attached hydrogens (tertiary/aromatic N) is 1. The van der Waals surface area contributed by atoms with Crippen molar-refractivity contribution in [1.29, 1.82) is 0 Å². The third-order valence-corrected chi connectivity index (χ3v) is 3.85. The SMILES string of the molecule is CC1CCc2nc(C3CCC(C)O3)[nH]c2C1. The number of rotatable bonds is 1. The lowest BCUT2D eigenvalue weighted by Crippen LogP contribution is -2.10. The monoisotopic (exact) mass is 220 g/mol. The Hall–Kier alpha value is -0.830. The smallest absolute Gasteiger partial charge is 0.135 e. The van der Waals surface area contributed by atoms with Crippen LogP contribution < -0.4 is 0 Å². The first-order chi connectivity index (χ1) is 7.72. The highest BCUT2D eigenvalue weighted by Crippen LogP contribution is 2.33. The second-order valence-electron chi connectivity index (χ2n) is 5.41. The van der Waals surface area contributed by atoms with Crippen LogP contribution >= 0.6 is 0 Å². The number of hydrogen-bond donors (Lipinski definition) is 1. The molecule has 3 nitrogen and oxygen atoms in total. The molecule has 1 aliphatic heterocycles. The minimum Gasteiger partial charge on any atom is -0.367 e. The number of imidazole rings is 1. The molecule has 0 amide bonds. The van der Waals surface area contributed by atoms with Gasteiger partial charge in [-0.3, -0.25) is 0 Å². The van der Waals surface area contributed by atoms with Crippen LogP contribution in [0.4, 0.5) is 0 Å². The van der Waals surface area contributed by atoms with Crippen LogP contribution in [0.3, 0.4) is 0 Å². The van der Waals surface area contributed by atoms with Crippen molar-refractivity contribution in [3.63, 3.8) is 0 Å². The summed E-state index contributed by atoms with van der Waals surface area (Å²) in [5, 5.41) is 0. The number of aryl methyl sites for hydroxylation is 1. The molecule has 1 N–H and O–H groups in total. The summed E-state index contributed by atoms with van der Waals surface area (Å²) in [5.74, 6) is 1.87. The summed E-state index contributed by atoms with van der Waals surface area (Å²) in [6, 6.07) is 0. The lowest BCUT2D eigenvalue weighted by Gasteiger charge is -2.15. The molecule has 2 aliphatic rings. The van der Waals surface area contributed by atoms with E-state index in [1.807, 2.05) is 0 Å². The topological polar surface area (TPSA) is 37.9 Å². The summed E-state index contributed by atoms with van der Waals surface area (Å²) >= 11 is 0. The summed E-state index contributed by atoms with van der Waals surface area (Å²) in [4.78, 5) is 8.21. The molecule has 3 heteroatoms. The molecule has 0 aromatic carbocycles. The number of aromatic nitrogens is 2. The normalized spacial score (nSPS) is 34.0. The average Bonchev–Trinajstić information content (AvgIpc) is 2.83. The van der Waals surface area contributed by atoms with Crippen molar-refractivity contribution in [3.8, 4) is 0 Å². The predicted molar refractivity (Wildman–Crippen MR) is 62.3 cm³/mol. The maximum Gasteiger partial charge on any atom is 0.135 e. The van der Waals surface area contributed by atoms with E-state index in [1.54, 1.807) is 0 Å². The van der Waals surface area contributed by atoms with Gasteiger partial charge in [0.1, 0.15) is 11.9 Å². The first-order valence-electron chi connectivity index (χ1n) is 6.45. The largest absolute Gasteiger partial charge is 0.367 e. The highest BCUT2D eigenvalue weighted by molar-refractivity contribution is 5.19. The Bertz CT molecular complexity index is 385. The second-order valence-corrected chi connectivity index (χ2v) is 5.41. The highest BCUT2D eigenvalue weighted by Gasteiger charge is 2.28. The second kappa shape index (κ2) is 3.88. The lowest BCUT2D eigenvalue weighted by molar-refractivity contribution is 0.0507.